The van der Waals surface area contributed by atoms with E-state index in [9.17, 15) is 18.0 Å². The third kappa shape index (κ3) is 4.91. The lowest BCUT2D eigenvalue weighted by atomic mass is 9.99. The first-order chi connectivity index (χ1) is 13.8. The summed E-state index contributed by atoms with van der Waals surface area (Å²) in [5, 5.41) is 3.77. The predicted molar refractivity (Wildman–Crippen MR) is 106 cm³/mol. The zero-order valence-corrected chi connectivity index (χ0v) is 16.3. The number of alkyl halides is 3. The predicted octanol–water partition coefficient (Wildman–Crippen LogP) is 5.40. The van der Waals surface area contributed by atoms with Gasteiger partial charge in [0.25, 0.3) is 0 Å². The Kier molecular flexibility index (Phi) is 6.15. The van der Waals surface area contributed by atoms with Crippen molar-refractivity contribution in [3.63, 3.8) is 0 Å². The molecule has 2 N–H and O–H groups in total. The molecule has 7 heteroatoms. The fourth-order valence-corrected chi connectivity index (χ4v) is 3.39. The van der Waals surface area contributed by atoms with Crippen LogP contribution >= 0.6 is 0 Å². The van der Waals surface area contributed by atoms with Crippen molar-refractivity contribution in [1.29, 1.82) is 0 Å². The third-order valence-electron chi connectivity index (χ3n) is 4.85. The molecule has 0 aliphatic heterocycles. The SMILES string of the molecule is CCCC(NC(=O)Cc1c[nH]c2ccc(OC)cc12)c1cccc(C(F)(F)F)c1. The number of methoxy groups -OCH3 is 1. The van der Waals surface area contributed by atoms with Crippen molar-refractivity contribution in [3.05, 3.63) is 65.4 Å². The van der Waals surface area contributed by atoms with Gasteiger partial charge in [-0.1, -0.05) is 25.5 Å². The number of halogens is 3. The fraction of sp³-hybridized carbons (Fsp3) is 0.318. The number of hydrogen-bond acceptors (Lipinski definition) is 2. The van der Waals surface area contributed by atoms with Crippen LogP contribution in [0.25, 0.3) is 10.9 Å². The molecule has 0 saturated carbocycles. The molecular weight excluding hydrogens is 381 g/mol. The molecule has 3 rings (SSSR count). The molecule has 0 saturated heterocycles. The quantitative estimate of drug-likeness (QED) is 0.554. The second kappa shape index (κ2) is 8.59. The minimum absolute atomic E-state index is 0.117. The molecule has 1 amide bonds. The van der Waals surface area contributed by atoms with Crippen molar-refractivity contribution < 1.29 is 22.7 Å². The molecule has 0 radical (unpaired) electrons. The molecule has 0 bridgehead atoms. The molecule has 0 spiro atoms. The molecule has 0 fully saturated rings. The summed E-state index contributed by atoms with van der Waals surface area (Å²) in [4.78, 5) is 15.8. The highest BCUT2D eigenvalue weighted by atomic mass is 19.4. The Morgan fingerprint density at radius 2 is 2.00 bits per heavy atom. The van der Waals surface area contributed by atoms with E-state index in [0.29, 0.717) is 17.7 Å². The van der Waals surface area contributed by atoms with Gasteiger partial charge in [0.2, 0.25) is 5.91 Å². The average Bonchev–Trinajstić information content (AvgIpc) is 3.09. The topological polar surface area (TPSA) is 54.1 Å². The monoisotopic (exact) mass is 404 g/mol. The van der Waals surface area contributed by atoms with Crippen LogP contribution in [-0.4, -0.2) is 18.0 Å². The Balaban J connectivity index is 1.79. The van der Waals surface area contributed by atoms with Gasteiger partial charge in [0.1, 0.15) is 5.75 Å². The summed E-state index contributed by atoms with van der Waals surface area (Å²) < 4.78 is 44.4. The Bertz CT molecular complexity index is 995. The second-order valence-electron chi connectivity index (χ2n) is 6.93. The summed E-state index contributed by atoms with van der Waals surface area (Å²) in [6.45, 7) is 1.93. The number of carbonyl (C=O) groups excluding carboxylic acids is 1. The molecule has 0 aliphatic rings. The molecule has 1 atom stereocenters. The van der Waals surface area contributed by atoms with E-state index in [-0.39, 0.29) is 12.3 Å². The van der Waals surface area contributed by atoms with Gasteiger partial charge in [-0.3, -0.25) is 4.79 Å². The van der Waals surface area contributed by atoms with Crippen molar-refractivity contribution in [2.45, 2.75) is 38.4 Å². The van der Waals surface area contributed by atoms with E-state index in [1.54, 1.807) is 19.4 Å². The fourth-order valence-electron chi connectivity index (χ4n) is 3.39. The standard InChI is InChI=1S/C22H23F3N2O2/c1-3-5-19(14-6-4-7-16(10-14)22(23,24)25)27-21(28)11-15-13-26-20-9-8-17(29-2)12-18(15)20/h4,6-10,12-13,19,26H,3,5,11H2,1-2H3,(H,27,28). The van der Waals surface area contributed by atoms with E-state index < -0.39 is 17.8 Å². The van der Waals surface area contributed by atoms with Crippen molar-refractivity contribution >= 4 is 16.8 Å². The minimum atomic E-state index is -4.42. The van der Waals surface area contributed by atoms with Crippen LogP contribution in [-0.2, 0) is 17.4 Å². The summed E-state index contributed by atoms with van der Waals surface area (Å²) in [6.07, 6.45) is -1.25. The zero-order chi connectivity index (χ0) is 21.0. The average molecular weight is 404 g/mol. The van der Waals surface area contributed by atoms with Gasteiger partial charge in [-0.2, -0.15) is 13.2 Å². The normalized spacial score (nSPS) is 12.7. The van der Waals surface area contributed by atoms with Crippen LogP contribution in [0.5, 0.6) is 5.75 Å². The first-order valence-corrected chi connectivity index (χ1v) is 9.42. The number of carbonyl (C=O) groups is 1. The lowest BCUT2D eigenvalue weighted by molar-refractivity contribution is -0.137. The molecule has 29 heavy (non-hydrogen) atoms. The van der Waals surface area contributed by atoms with E-state index in [0.717, 1.165) is 35.0 Å². The van der Waals surface area contributed by atoms with Crippen LogP contribution in [0.2, 0.25) is 0 Å². The molecule has 0 aliphatic carbocycles. The number of aromatic nitrogens is 1. The highest BCUT2D eigenvalue weighted by Crippen LogP contribution is 2.31. The van der Waals surface area contributed by atoms with Gasteiger partial charge in [-0.05, 0) is 47.9 Å². The summed E-state index contributed by atoms with van der Waals surface area (Å²) in [5.74, 6) is 0.441. The molecule has 1 aromatic heterocycles. The van der Waals surface area contributed by atoms with Crippen molar-refractivity contribution in [2.24, 2.45) is 0 Å². The van der Waals surface area contributed by atoms with E-state index in [4.69, 9.17) is 4.74 Å². The molecule has 3 aromatic rings. The number of nitrogens with one attached hydrogen (secondary N) is 2. The number of ether oxygens (including phenoxy) is 1. The number of amides is 1. The van der Waals surface area contributed by atoms with Gasteiger partial charge < -0.3 is 15.0 Å². The van der Waals surface area contributed by atoms with Crippen LogP contribution in [0.4, 0.5) is 13.2 Å². The van der Waals surface area contributed by atoms with E-state index in [1.807, 2.05) is 25.1 Å². The summed E-state index contributed by atoms with van der Waals surface area (Å²) >= 11 is 0. The number of hydrogen-bond donors (Lipinski definition) is 2. The Labute approximate surface area is 167 Å². The third-order valence-corrected chi connectivity index (χ3v) is 4.85. The number of fused-ring (bicyclic) bond motifs is 1. The number of rotatable bonds is 7. The highest BCUT2D eigenvalue weighted by molar-refractivity contribution is 5.89. The van der Waals surface area contributed by atoms with Crippen LogP contribution in [0.15, 0.2) is 48.7 Å². The van der Waals surface area contributed by atoms with Crippen LogP contribution in [0, 0.1) is 0 Å². The molecule has 1 heterocycles. The zero-order valence-electron chi connectivity index (χ0n) is 16.3. The first-order valence-electron chi connectivity index (χ1n) is 9.42. The first kappa shape index (κ1) is 20.8. The summed E-state index contributed by atoms with van der Waals surface area (Å²) in [6, 6.07) is 10.2. The lowest BCUT2D eigenvalue weighted by Crippen LogP contribution is -2.30. The second-order valence-corrected chi connectivity index (χ2v) is 6.93. The van der Waals surface area contributed by atoms with Crippen LogP contribution in [0.3, 0.4) is 0 Å². The maximum atomic E-state index is 13.0. The molecule has 4 nitrogen and oxygen atoms in total. The lowest BCUT2D eigenvalue weighted by Gasteiger charge is -2.20. The van der Waals surface area contributed by atoms with Crippen LogP contribution < -0.4 is 10.1 Å². The molecule has 154 valence electrons. The molecule has 2 aromatic carbocycles. The van der Waals surface area contributed by atoms with Crippen molar-refractivity contribution in [2.75, 3.05) is 7.11 Å². The smallest absolute Gasteiger partial charge is 0.416 e. The number of aromatic amines is 1. The van der Waals surface area contributed by atoms with Gasteiger partial charge in [-0.25, -0.2) is 0 Å². The number of benzene rings is 2. The molecule has 1 unspecified atom stereocenters. The maximum Gasteiger partial charge on any atom is 0.416 e. The van der Waals surface area contributed by atoms with E-state index >= 15 is 0 Å². The van der Waals surface area contributed by atoms with E-state index in [2.05, 4.69) is 10.3 Å². The van der Waals surface area contributed by atoms with Crippen LogP contribution in [0.1, 0.15) is 42.5 Å². The van der Waals surface area contributed by atoms with Gasteiger partial charge in [-0.15, -0.1) is 0 Å². The highest BCUT2D eigenvalue weighted by Gasteiger charge is 2.31. The minimum Gasteiger partial charge on any atom is -0.497 e. The van der Waals surface area contributed by atoms with Gasteiger partial charge >= 0.3 is 6.18 Å². The summed E-state index contributed by atoms with van der Waals surface area (Å²) in [5.41, 5.74) is 1.43. The molecular formula is C22H23F3N2O2. The maximum absolute atomic E-state index is 13.0. The van der Waals surface area contributed by atoms with E-state index in [1.165, 1.54) is 6.07 Å². The van der Waals surface area contributed by atoms with Gasteiger partial charge in [0.15, 0.2) is 0 Å². The Morgan fingerprint density at radius 3 is 2.69 bits per heavy atom. The van der Waals surface area contributed by atoms with Crippen molar-refractivity contribution in [1.82, 2.24) is 10.3 Å². The van der Waals surface area contributed by atoms with Gasteiger partial charge in [0, 0.05) is 17.1 Å². The van der Waals surface area contributed by atoms with Crippen molar-refractivity contribution in [3.8, 4) is 5.75 Å². The number of H-pyrrole nitrogens is 1. The Morgan fingerprint density at radius 1 is 1.21 bits per heavy atom. The Hall–Kier alpha value is -2.96. The summed E-state index contributed by atoms with van der Waals surface area (Å²) in [7, 11) is 1.57. The van der Waals surface area contributed by atoms with Gasteiger partial charge in [0.05, 0.1) is 25.1 Å². The largest absolute Gasteiger partial charge is 0.497 e.